The number of carbonyl (C=O) groups is 2. The SMILES string of the molecule is CN=C1S[C@@H](CC(=O)NCCCOC(C)C)C(=O)N1C. The lowest BCUT2D eigenvalue weighted by atomic mass is 10.2. The number of hydrogen-bond donors (Lipinski definition) is 1. The highest BCUT2D eigenvalue weighted by Crippen LogP contribution is 2.27. The van der Waals surface area contributed by atoms with Crippen LogP contribution in [0.3, 0.4) is 0 Å². The Balaban J connectivity index is 2.24. The molecule has 1 N–H and O–H groups in total. The van der Waals surface area contributed by atoms with Gasteiger partial charge < -0.3 is 10.1 Å². The van der Waals surface area contributed by atoms with Gasteiger partial charge in [-0.1, -0.05) is 11.8 Å². The van der Waals surface area contributed by atoms with E-state index < -0.39 is 0 Å². The van der Waals surface area contributed by atoms with Gasteiger partial charge in [-0.05, 0) is 20.3 Å². The molecule has 1 rings (SSSR count). The van der Waals surface area contributed by atoms with Crippen LogP contribution in [0.1, 0.15) is 26.7 Å². The van der Waals surface area contributed by atoms with Crippen LogP contribution in [-0.4, -0.2) is 60.5 Å². The van der Waals surface area contributed by atoms with Crippen molar-refractivity contribution in [2.24, 2.45) is 4.99 Å². The molecule has 20 heavy (non-hydrogen) atoms. The van der Waals surface area contributed by atoms with Crippen LogP contribution >= 0.6 is 11.8 Å². The zero-order valence-electron chi connectivity index (χ0n) is 12.5. The summed E-state index contributed by atoms with van der Waals surface area (Å²) in [7, 11) is 3.32. The van der Waals surface area contributed by atoms with Gasteiger partial charge in [-0.3, -0.25) is 19.5 Å². The van der Waals surface area contributed by atoms with Crippen LogP contribution in [0, 0.1) is 0 Å². The van der Waals surface area contributed by atoms with Gasteiger partial charge in [-0.25, -0.2) is 0 Å². The van der Waals surface area contributed by atoms with Gasteiger partial charge in [0.2, 0.25) is 11.8 Å². The lowest BCUT2D eigenvalue weighted by Gasteiger charge is -2.10. The average molecular weight is 301 g/mol. The molecular weight excluding hydrogens is 278 g/mol. The van der Waals surface area contributed by atoms with E-state index in [1.54, 1.807) is 14.1 Å². The van der Waals surface area contributed by atoms with Crippen molar-refractivity contribution < 1.29 is 14.3 Å². The van der Waals surface area contributed by atoms with E-state index in [2.05, 4.69) is 10.3 Å². The van der Waals surface area contributed by atoms with E-state index in [-0.39, 0.29) is 29.6 Å². The van der Waals surface area contributed by atoms with Gasteiger partial charge in [-0.2, -0.15) is 0 Å². The van der Waals surface area contributed by atoms with Crippen LogP contribution in [0.4, 0.5) is 0 Å². The molecule has 1 atom stereocenters. The molecule has 1 fully saturated rings. The molecule has 0 aromatic carbocycles. The third kappa shape index (κ3) is 5.13. The van der Waals surface area contributed by atoms with E-state index in [1.807, 2.05) is 13.8 Å². The van der Waals surface area contributed by atoms with Crippen molar-refractivity contribution >= 4 is 28.7 Å². The van der Waals surface area contributed by atoms with Crippen molar-refractivity contribution in [2.45, 2.75) is 38.0 Å². The zero-order chi connectivity index (χ0) is 15.1. The molecule has 114 valence electrons. The number of nitrogens with zero attached hydrogens (tertiary/aromatic N) is 2. The van der Waals surface area contributed by atoms with Crippen LogP contribution in [0.2, 0.25) is 0 Å². The van der Waals surface area contributed by atoms with Gasteiger partial charge in [0.25, 0.3) is 0 Å². The molecule has 7 heteroatoms. The first-order chi connectivity index (χ1) is 9.45. The second-order valence-electron chi connectivity index (χ2n) is 4.84. The van der Waals surface area contributed by atoms with Crippen molar-refractivity contribution in [1.29, 1.82) is 0 Å². The Bertz CT molecular complexity index is 385. The fraction of sp³-hybridized carbons (Fsp3) is 0.769. The molecule has 1 saturated heterocycles. The van der Waals surface area contributed by atoms with E-state index in [1.165, 1.54) is 16.7 Å². The summed E-state index contributed by atoms with van der Waals surface area (Å²) in [6.07, 6.45) is 1.18. The van der Waals surface area contributed by atoms with E-state index >= 15 is 0 Å². The van der Waals surface area contributed by atoms with Gasteiger partial charge in [0.1, 0.15) is 5.25 Å². The largest absolute Gasteiger partial charge is 0.379 e. The number of amides is 2. The number of aliphatic imine (C=N–C) groups is 1. The van der Waals surface area contributed by atoms with Crippen LogP contribution in [0.5, 0.6) is 0 Å². The fourth-order valence-electron chi connectivity index (χ4n) is 1.76. The standard InChI is InChI=1S/C13H23N3O3S/c1-9(2)19-7-5-6-15-11(17)8-10-12(18)16(4)13(14-3)20-10/h9-10H,5-8H2,1-4H3,(H,15,17)/t10-/m0/s1. The number of rotatable bonds is 7. The van der Waals surface area contributed by atoms with Crippen LogP contribution in [0.25, 0.3) is 0 Å². The van der Waals surface area contributed by atoms with E-state index in [4.69, 9.17) is 4.74 Å². The fourth-order valence-corrected chi connectivity index (χ4v) is 2.86. The second kappa shape index (κ2) is 8.26. The maximum atomic E-state index is 11.9. The maximum absolute atomic E-state index is 11.9. The van der Waals surface area contributed by atoms with Gasteiger partial charge >= 0.3 is 0 Å². The number of carbonyl (C=O) groups excluding carboxylic acids is 2. The Morgan fingerprint density at radius 3 is 2.80 bits per heavy atom. The van der Waals surface area contributed by atoms with Crippen LogP contribution in [0.15, 0.2) is 4.99 Å². The second-order valence-corrected chi connectivity index (χ2v) is 6.01. The molecule has 0 aromatic heterocycles. The van der Waals surface area contributed by atoms with Crippen molar-refractivity contribution in [3.8, 4) is 0 Å². The van der Waals surface area contributed by atoms with Gasteiger partial charge in [-0.15, -0.1) is 0 Å². The smallest absolute Gasteiger partial charge is 0.242 e. The third-order valence-corrected chi connectivity index (χ3v) is 4.12. The lowest BCUT2D eigenvalue weighted by molar-refractivity contribution is -0.128. The summed E-state index contributed by atoms with van der Waals surface area (Å²) >= 11 is 1.34. The molecule has 0 radical (unpaired) electrons. The summed E-state index contributed by atoms with van der Waals surface area (Å²) in [5.74, 6) is -0.167. The van der Waals surface area contributed by atoms with E-state index in [0.29, 0.717) is 18.3 Å². The molecule has 0 aliphatic carbocycles. The van der Waals surface area contributed by atoms with E-state index in [0.717, 1.165) is 6.42 Å². The van der Waals surface area contributed by atoms with Crippen molar-refractivity contribution in [1.82, 2.24) is 10.2 Å². The van der Waals surface area contributed by atoms with Crippen LogP contribution in [-0.2, 0) is 14.3 Å². The summed E-state index contributed by atoms with van der Waals surface area (Å²) in [4.78, 5) is 29.2. The predicted molar refractivity (Wildman–Crippen MR) is 80.8 cm³/mol. The number of nitrogens with one attached hydrogen (secondary N) is 1. The Hall–Kier alpha value is -1.08. The molecule has 1 aliphatic heterocycles. The van der Waals surface area contributed by atoms with E-state index in [9.17, 15) is 9.59 Å². The average Bonchev–Trinajstić information content (AvgIpc) is 2.66. The summed E-state index contributed by atoms with van der Waals surface area (Å²) in [5.41, 5.74) is 0. The minimum Gasteiger partial charge on any atom is -0.379 e. The van der Waals surface area contributed by atoms with Crippen molar-refractivity contribution in [3.63, 3.8) is 0 Å². The zero-order valence-corrected chi connectivity index (χ0v) is 13.3. The highest BCUT2D eigenvalue weighted by molar-refractivity contribution is 8.15. The molecule has 2 amide bonds. The maximum Gasteiger partial charge on any atom is 0.242 e. The number of amidine groups is 1. The summed E-state index contributed by atoms with van der Waals surface area (Å²) in [6.45, 7) is 5.15. The molecule has 0 unspecified atom stereocenters. The lowest BCUT2D eigenvalue weighted by Crippen LogP contribution is -2.33. The number of hydrogen-bond acceptors (Lipinski definition) is 5. The Kier molecular flexibility index (Phi) is 7.01. The quantitative estimate of drug-likeness (QED) is 0.708. The first-order valence-corrected chi connectivity index (χ1v) is 7.63. The Morgan fingerprint density at radius 2 is 2.25 bits per heavy atom. The minimum atomic E-state index is -0.356. The highest BCUT2D eigenvalue weighted by Gasteiger charge is 2.36. The molecular formula is C13H23N3O3S. The Morgan fingerprint density at radius 1 is 1.55 bits per heavy atom. The van der Waals surface area contributed by atoms with Crippen molar-refractivity contribution in [3.05, 3.63) is 0 Å². The summed E-state index contributed by atoms with van der Waals surface area (Å²) in [5, 5.41) is 3.12. The molecule has 0 spiro atoms. The normalized spacial score (nSPS) is 21.1. The highest BCUT2D eigenvalue weighted by atomic mass is 32.2. The number of thioether (sulfide) groups is 1. The summed E-state index contributed by atoms with van der Waals surface area (Å²) in [6, 6.07) is 0. The Labute approximate surface area is 124 Å². The first kappa shape index (κ1) is 17.0. The first-order valence-electron chi connectivity index (χ1n) is 6.75. The molecule has 1 heterocycles. The molecule has 6 nitrogen and oxygen atoms in total. The third-order valence-electron chi connectivity index (χ3n) is 2.80. The molecule has 0 saturated carbocycles. The minimum absolute atomic E-state index is 0.0612. The van der Waals surface area contributed by atoms with Crippen LogP contribution < -0.4 is 5.32 Å². The van der Waals surface area contributed by atoms with Gasteiger partial charge in [0.05, 0.1) is 6.10 Å². The number of ether oxygens (including phenoxy) is 1. The predicted octanol–water partition coefficient (Wildman–Crippen LogP) is 0.867. The molecule has 0 aromatic rings. The van der Waals surface area contributed by atoms with Gasteiger partial charge in [0, 0.05) is 33.7 Å². The molecule has 1 aliphatic rings. The molecule has 0 bridgehead atoms. The topological polar surface area (TPSA) is 71.0 Å². The van der Waals surface area contributed by atoms with Gasteiger partial charge in [0.15, 0.2) is 5.17 Å². The monoisotopic (exact) mass is 301 g/mol. The summed E-state index contributed by atoms with van der Waals surface area (Å²) < 4.78 is 5.38. The van der Waals surface area contributed by atoms with Crippen molar-refractivity contribution in [2.75, 3.05) is 27.2 Å².